The van der Waals surface area contributed by atoms with Crippen molar-refractivity contribution in [3.63, 3.8) is 0 Å². The van der Waals surface area contributed by atoms with Gasteiger partial charge in [-0.2, -0.15) is 0 Å². The maximum Gasteiger partial charge on any atom is 0.240 e. The van der Waals surface area contributed by atoms with E-state index in [-0.39, 0.29) is 10.8 Å². The van der Waals surface area contributed by atoms with Crippen LogP contribution in [0.3, 0.4) is 0 Å². The van der Waals surface area contributed by atoms with Crippen molar-refractivity contribution in [2.45, 2.75) is 18.2 Å². The molecule has 22 heavy (non-hydrogen) atoms. The van der Waals surface area contributed by atoms with Crippen LogP contribution in [0.4, 0.5) is 5.69 Å². The monoisotopic (exact) mass is 321 g/mol. The number of sulfonamides is 1. The highest BCUT2D eigenvalue weighted by Gasteiger charge is 2.13. The van der Waals surface area contributed by atoms with E-state index in [1.165, 1.54) is 19.1 Å². The molecule has 1 heterocycles. The molecule has 0 radical (unpaired) electrons. The quantitative estimate of drug-likeness (QED) is 0.846. The Hall–Kier alpha value is -2.12. The minimum Gasteiger partial charge on any atom is -0.357 e. The van der Waals surface area contributed by atoms with Crippen molar-refractivity contribution in [3.05, 3.63) is 48.3 Å². The summed E-state index contributed by atoms with van der Waals surface area (Å²) in [5, 5.41) is 2.59. The smallest absolute Gasteiger partial charge is 0.240 e. The molecule has 1 aromatic carbocycles. The third kappa shape index (κ3) is 4.44. The first kappa shape index (κ1) is 16.3. The molecule has 1 aromatic heterocycles. The second-order valence-electron chi connectivity index (χ2n) is 5.04. The van der Waals surface area contributed by atoms with Crippen LogP contribution in [0.25, 0.3) is 0 Å². The van der Waals surface area contributed by atoms with Gasteiger partial charge in [0.1, 0.15) is 0 Å². The lowest BCUT2D eigenvalue weighted by molar-refractivity contribution is -0.114. The average Bonchev–Trinajstić information content (AvgIpc) is 2.84. The molecule has 118 valence electrons. The van der Waals surface area contributed by atoms with Gasteiger partial charge in [0.15, 0.2) is 0 Å². The number of rotatable bonds is 6. The zero-order valence-electron chi connectivity index (χ0n) is 12.5. The third-order valence-electron chi connectivity index (χ3n) is 3.08. The van der Waals surface area contributed by atoms with Crippen LogP contribution in [-0.2, 0) is 28.3 Å². The summed E-state index contributed by atoms with van der Waals surface area (Å²) in [6.45, 7) is 1.73. The Morgan fingerprint density at radius 1 is 1.18 bits per heavy atom. The number of carbonyl (C=O) groups excluding carboxylic acids is 1. The number of nitrogens with zero attached hydrogens (tertiary/aromatic N) is 1. The number of hydrogen-bond donors (Lipinski definition) is 2. The highest BCUT2D eigenvalue weighted by atomic mass is 32.2. The Kier molecular flexibility index (Phi) is 4.99. The van der Waals surface area contributed by atoms with Crippen LogP contribution in [0.15, 0.2) is 47.6 Å². The third-order valence-corrected chi connectivity index (χ3v) is 4.56. The summed E-state index contributed by atoms with van der Waals surface area (Å²) in [6.07, 6.45) is 4.51. The first-order chi connectivity index (χ1) is 10.4. The zero-order valence-corrected chi connectivity index (χ0v) is 13.4. The molecule has 0 aliphatic rings. The summed E-state index contributed by atoms with van der Waals surface area (Å²) >= 11 is 0. The highest BCUT2D eigenvalue weighted by Crippen LogP contribution is 2.14. The maximum atomic E-state index is 12.2. The molecule has 1 amide bonds. The van der Waals surface area contributed by atoms with Crippen molar-refractivity contribution in [2.75, 3.05) is 11.9 Å². The average molecular weight is 321 g/mol. The van der Waals surface area contributed by atoms with Crippen LogP contribution in [0.5, 0.6) is 0 Å². The van der Waals surface area contributed by atoms with E-state index in [1.54, 1.807) is 12.1 Å². The molecule has 6 nitrogen and oxygen atoms in total. The number of anilines is 1. The van der Waals surface area contributed by atoms with Gasteiger partial charge in [0.05, 0.1) is 4.90 Å². The Balaban J connectivity index is 1.96. The summed E-state index contributed by atoms with van der Waals surface area (Å²) in [7, 11) is -1.62. The summed E-state index contributed by atoms with van der Waals surface area (Å²) in [6, 6.07) is 8.02. The van der Waals surface area contributed by atoms with Crippen LogP contribution >= 0.6 is 0 Å². The van der Waals surface area contributed by atoms with Gasteiger partial charge in [0.25, 0.3) is 0 Å². The van der Waals surface area contributed by atoms with E-state index in [9.17, 15) is 13.2 Å². The molecule has 0 bridgehead atoms. The van der Waals surface area contributed by atoms with Crippen molar-refractivity contribution in [1.29, 1.82) is 0 Å². The second-order valence-corrected chi connectivity index (χ2v) is 6.81. The van der Waals surface area contributed by atoms with Crippen molar-refractivity contribution >= 4 is 21.6 Å². The normalized spacial score (nSPS) is 11.4. The fraction of sp³-hybridized carbons (Fsp3) is 0.267. The molecule has 0 spiro atoms. The van der Waals surface area contributed by atoms with E-state index in [1.807, 2.05) is 30.1 Å². The number of carbonyl (C=O) groups is 1. The first-order valence-electron chi connectivity index (χ1n) is 6.85. The number of benzene rings is 1. The van der Waals surface area contributed by atoms with Gasteiger partial charge in [-0.1, -0.05) is 0 Å². The SMILES string of the molecule is CC(=O)Nc1ccc(S(=O)(=O)NCCc2ccn(C)c2)cc1. The summed E-state index contributed by atoms with van der Waals surface area (Å²) < 4.78 is 28.8. The lowest BCUT2D eigenvalue weighted by Crippen LogP contribution is -2.25. The molecule has 0 saturated carbocycles. The minimum atomic E-state index is -3.54. The summed E-state index contributed by atoms with van der Waals surface area (Å²) in [5.41, 5.74) is 1.64. The molecular formula is C15H19N3O3S. The number of amides is 1. The second kappa shape index (κ2) is 6.76. The molecule has 2 aromatic rings. The number of aromatic nitrogens is 1. The molecule has 2 rings (SSSR count). The first-order valence-corrected chi connectivity index (χ1v) is 8.33. The Labute approximate surface area is 130 Å². The molecule has 0 unspecified atom stereocenters. The van der Waals surface area contributed by atoms with Crippen molar-refractivity contribution < 1.29 is 13.2 Å². The fourth-order valence-corrected chi connectivity index (χ4v) is 3.07. The van der Waals surface area contributed by atoms with E-state index < -0.39 is 10.0 Å². The van der Waals surface area contributed by atoms with Gasteiger partial charge < -0.3 is 9.88 Å². The van der Waals surface area contributed by atoms with Gasteiger partial charge in [-0.3, -0.25) is 4.79 Å². The van der Waals surface area contributed by atoms with Crippen molar-refractivity contribution in [3.8, 4) is 0 Å². The predicted molar refractivity (Wildman–Crippen MR) is 85.1 cm³/mol. The van der Waals surface area contributed by atoms with Gasteiger partial charge in [0, 0.05) is 38.6 Å². The molecular weight excluding hydrogens is 302 g/mol. The van der Waals surface area contributed by atoms with Gasteiger partial charge in [-0.15, -0.1) is 0 Å². The highest BCUT2D eigenvalue weighted by molar-refractivity contribution is 7.89. The standard InChI is InChI=1S/C15H19N3O3S/c1-12(19)17-14-3-5-15(6-4-14)22(20,21)16-9-7-13-8-10-18(2)11-13/h3-6,8,10-11,16H,7,9H2,1-2H3,(H,17,19). The summed E-state index contributed by atoms with van der Waals surface area (Å²) in [4.78, 5) is 11.1. The Bertz CT molecular complexity index is 749. The molecule has 0 aliphatic heterocycles. The Morgan fingerprint density at radius 3 is 2.41 bits per heavy atom. The molecule has 7 heteroatoms. The van der Waals surface area contributed by atoms with Gasteiger partial charge in [-0.25, -0.2) is 13.1 Å². The topological polar surface area (TPSA) is 80.2 Å². The number of hydrogen-bond acceptors (Lipinski definition) is 3. The largest absolute Gasteiger partial charge is 0.357 e. The lowest BCUT2D eigenvalue weighted by atomic mass is 10.2. The van der Waals surface area contributed by atoms with Crippen LogP contribution in [0, 0.1) is 0 Å². The summed E-state index contributed by atoms with van der Waals surface area (Å²) in [5.74, 6) is -0.198. The molecule has 0 atom stereocenters. The van der Waals surface area contributed by atoms with Crippen molar-refractivity contribution in [1.82, 2.24) is 9.29 Å². The van der Waals surface area contributed by atoms with E-state index in [4.69, 9.17) is 0 Å². The van der Waals surface area contributed by atoms with Gasteiger partial charge in [0.2, 0.25) is 15.9 Å². The number of nitrogens with one attached hydrogen (secondary N) is 2. The number of aryl methyl sites for hydroxylation is 1. The zero-order chi connectivity index (χ0) is 16.2. The van der Waals surface area contributed by atoms with E-state index in [0.717, 1.165) is 5.56 Å². The van der Waals surface area contributed by atoms with Crippen LogP contribution in [-0.4, -0.2) is 25.4 Å². The van der Waals surface area contributed by atoms with Crippen LogP contribution in [0.1, 0.15) is 12.5 Å². The molecule has 2 N–H and O–H groups in total. The lowest BCUT2D eigenvalue weighted by Gasteiger charge is -2.07. The van der Waals surface area contributed by atoms with E-state index >= 15 is 0 Å². The van der Waals surface area contributed by atoms with Gasteiger partial charge >= 0.3 is 0 Å². The van der Waals surface area contributed by atoms with Crippen LogP contribution in [0.2, 0.25) is 0 Å². The van der Waals surface area contributed by atoms with Gasteiger partial charge in [-0.05, 0) is 42.3 Å². The molecule has 0 saturated heterocycles. The van der Waals surface area contributed by atoms with Crippen molar-refractivity contribution in [2.24, 2.45) is 7.05 Å². The molecule has 0 aliphatic carbocycles. The maximum absolute atomic E-state index is 12.2. The Morgan fingerprint density at radius 2 is 1.86 bits per heavy atom. The molecule has 0 fully saturated rings. The predicted octanol–water partition coefficient (Wildman–Crippen LogP) is 1.50. The fourth-order valence-electron chi connectivity index (χ4n) is 2.04. The van der Waals surface area contributed by atoms with E-state index in [0.29, 0.717) is 18.7 Å². The van der Waals surface area contributed by atoms with Crippen LogP contribution < -0.4 is 10.0 Å². The van der Waals surface area contributed by atoms with E-state index in [2.05, 4.69) is 10.0 Å². The minimum absolute atomic E-state index is 0.176.